The largest absolute Gasteiger partial charge is 0.335 e. The minimum absolute atomic E-state index is 0.140. The number of aryl methyl sites for hydroxylation is 1. The lowest BCUT2D eigenvalue weighted by Crippen LogP contribution is -2.39. The van der Waals surface area contributed by atoms with Crippen molar-refractivity contribution in [1.29, 1.82) is 0 Å². The molecular formula is C34H38N3O7S5+. The standard InChI is InChI=1S/C34H37N3O7S5/c1-4-35-30(23-31-37(20-12-22-49(42,43)44)33(25(3)46-31)27-15-9-6-10-16-27)47-28(34(35)38)17-18-29-36(19-11-21-48(39,40)41)32(24(2)45-29)26-13-7-5-8-14-26/h5-10,13-18,23H,4,11-12,19-22H2,1-3H3,(H-,39,40,41,42,43,44)/p+1/b28-17+,29-18-. The van der Waals surface area contributed by atoms with Gasteiger partial charge in [-0.25, -0.2) is 0 Å². The number of rotatable bonds is 13. The highest BCUT2D eigenvalue weighted by Gasteiger charge is 2.27. The smallest absolute Gasteiger partial charge is 0.269 e. The van der Waals surface area contributed by atoms with Crippen LogP contribution in [0.5, 0.6) is 0 Å². The molecule has 0 fully saturated rings. The maximum absolute atomic E-state index is 13.7. The van der Waals surface area contributed by atoms with E-state index in [9.17, 15) is 30.7 Å². The van der Waals surface area contributed by atoms with Gasteiger partial charge in [0.1, 0.15) is 4.66 Å². The number of thioether (sulfide) groups is 1. The Morgan fingerprint density at radius 1 is 0.837 bits per heavy atom. The van der Waals surface area contributed by atoms with Crippen LogP contribution in [0.15, 0.2) is 81.5 Å². The summed E-state index contributed by atoms with van der Waals surface area (Å²) in [6, 6.07) is 19.6. The minimum Gasteiger partial charge on any atom is -0.335 e. The average molecular weight is 761 g/mol. The van der Waals surface area contributed by atoms with Crippen molar-refractivity contribution in [2.75, 3.05) is 18.1 Å². The fraction of sp³-hybridized carbons (Fsp3) is 0.294. The van der Waals surface area contributed by atoms with E-state index >= 15 is 0 Å². The number of hydrogen-bond donors (Lipinski definition) is 2. The summed E-state index contributed by atoms with van der Waals surface area (Å²) in [5.41, 5.74) is 3.73. The second-order valence-electron chi connectivity index (χ2n) is 11.3. The molecule has 4 aromatic rings. The minimum atomic E-state index is -4.12. The summed E-state index contributed by atoms with van der Waals surface area (Å²) in [6.07, 6.45) is 6.08. The van der Waals surface area contributed by atoms with Crippen molar-refractivity contribution in [1.82, 2.24) is 9.47 Å². The van der Waals surface area contributed by atoms with E-state index in [0.717, 1.165) is 47.0 Å². The van der Waals surface area contributed by atoms with Crippen LogP contribution in [-0.2, 0) is 33.3 Å². The molecule has 2 aromatic heterocycles. The zero-order valence-corrected chi connectivity index (χ0v) is 31.4. The maximum atomic E-state index is 13.7. The van der Waals surface area contributed by atoms with Gasteiger partial charge in [0.25, 0.3) is 30.8 Å². The molecule has 1 aliphatic heterocycles. The molecule has 0 unspecified atom stereocenters. The summed E-state index contributed by atoms with van der Waals surface area (Å²) in [5.74, 6) is -0.720. The number of benzene rings is 2. The van der Waals surface area contributed by atoms with Crippen LogP contribution in [0.25, 0.3) is 29.1 Å². The van der Waals surface area contributed by atoms with Crippen molar-refractivity contribution in [2.45, 2.75) is 46.7 Å². The van der Waals surface area contributed by atoms with Crippen molar-refractivity contribution >= 4 is 72.5 Å². The summed E-state index contributed by atoms with van der Waals surface area (Å²) in [7, 11) is -8.24. The van der Waals surface area contributed by atoms with E-state index in [4.69, 9.17) is 0 Å². The van der Waals surface area contributed by atoms with Crippen LogP contribution in [0.3, 0.4) is 0 Å². The van der Waals surface area contributed by atoms with Crippen LogP contribution >= 0.6 is 34.4 Å². The lowest BCUT2D eigenvalue weighted by molar-refractivity contribution is -0.683. The summed E-state index contributed by atoms with van der Waals surface area (Å²) < 4.78 is 69.7. The molecule has 2 aromatic carbocycles. The molecule has 0 radical (unpaired) electrons. The first kappa shape index (κ1) is 37.0. The van der Waals surface area contributed by atoms with Gasteiger partial charge < -0.3 is 4.90 Å². The van der Waals surface area contributed by atoms with E-state index in [2.05, 4.69) is 4.57 Å². The predicted octanol–water partition coefficient (Wildman–Crippen LogP) is 4.70. The number of nitrogens with zero attached hydrogens (tertiary/aromatic N) is 3. The van der Waals surface area contributed by atoms with Gasteiger partial charge in [0, 0.05) is 30.0 Å². The highest BCUT2D eigenvalue weighted by molar-refractivity contribution is 8.07. The number of hydrogen-bond acceptors (Lipinski definition) is 9. The molecule has 3 heterocycles. The van der Waals surface area contributed by atoms with Gasteiger partial charge in [0.2, 0.25) is 5.69 Å². The fourth-order valence-corrected chi connectivity index (χ4v) is 10.0. The van der Waals surface area contributed by atoms with E-state index in [1.165, 1.54) is 11.3 Å². The third-order valence-corrected chi connectivity index (χ3v) is 12.6. The van der Waals surface area contributed by atoms with Crippen molar-refractivity contribution < 1.29 is 30.5 Å². The molecule has 10 nitrogen and oxygen atoms in total. The Labute approximate surface area is 298 Å². The molecule has 0 amide bonds. The lowest BCUT2D eigenvalue weighted by atomic mass is 10.1. The highest BCUT2D eigenvalue weighted by atomic mass is 32.2. The zero-order valence-electron chi connectivity index (χ0n) is 27.3. The number of aromatic nitrogens is 2. The number of thiazole rings is 2. The monoisotopic (exact) mass is 760 g/mol. The summed E-state index contributed by atoms with van der Waals surface area (Å²) >= 11 is 4.45. The zero-order chi connectivity index (χ0) is 35.3. The molecule has 2 N–H and O–H groups in total. The summed E-state index contributed by atoms with van der Waals surface area (Å²) in [4.78, 5) is 17.8. The van der Waals surface area contributed by atoms with E-state index in [1.807, 2.05) is 98.5 Å². The van der Waals surface area contributed by atoms with Gasteiger partial charge in [0.15, 0.2) is 6.54 Å². The van der Waals surface area contributed by atoms with Gasteiger partial charge in [-0.3, -0.25) is 18.5 Å². The third kappa shape index (κ3) is 9.28. The SMILES string of the molecule is CCn1c(=O)/c(=C\C=C2/SC(C)=C(c3ccccc3)N2CCCS(=O)(=O)O)s/c1=C/c1sc(C)c(-c2ccccc2)[n+]1CCCS(=O)(=O)O. The van der Waals surface area contributed by atoms with Gasteiger partial charge in [0.05, 0.1) is 37.7 Å². The lowest BCUT2D eigenvalue weighted by Gasteiger charge is -2.23. The second kappa shape index (κ2) is 15.7. The van der Waals surface area contributed by atoms with Crippen molar-refractivity contribution in [3.63, 3.8) is 0 Å². The fourth-order valence-electron chi connectivity index (χ4n) is 5.73. The van der Waals surface area contributed by atoms with Crippen LogP contribution in [0, 0.1) is 6.92 Å². The Balaban J connectivity index is 1.57. The maximum Gasteiger partial charge on any atom is 0.269 e. The van der Waals surface area contributed by atoms with Crippen molar-refractivity contribution in [3.05, 3.63) is 112 Å². The van der Waals surface area contributed by atoms with Crippen LogP contribution in [0.2, 0.25) is 0 Å². The Hall–Kier alpha value is -3.31. The molecule has 0 saturated carbocycles. The van der Waals surface area contributed by atoms with Crippen LogP contribution in [-0.4, -0.2) is 53.5 Å². The van der Waals surface area contributed by atoms with E-state index in [1.54, 1.807) is 33.7 Å². The molecule has 5 rings (SSSR count). The van der Waals surface area contributed by atoms with Crippen LogP contribution < -0.4 is 19.3 Å². The second-order valence-corrected chi connectivity index (χ2v) is 18.0. The van der Waals surface area contributed by atoms with Gasteiger partial charge in [-0.1, -0.05) is 71.6 Å². The molecule has 0 saturated heterocycles. The quantitative estimate of drug-likeness (QED) is 0.147. The van der Waals surface area contributed by atoms with Crippen LogP contribution in [0.1, 0.15) is 42.1 Å². The Morgan fingerprint density at radius 2 is 1.45 bits per heavy atom. The molecule has 49 heavy (non-hydrogen) atoms. The molecule has 0 spiro atoms. The normalized spacial score (nSPS) is 15.7. The molecule has 15 heteroatoms. The molecule has 1 aliphatic rings. The van der Waals surface area contributed by atoms with E-state index < -0.39 is 20.2 Å². The Morgan fingerprint density at radius 3 is 2.06 bits per heavy atom. The Kier molecular flexibility index (Phi) is 11.8. The predicted molar refractivity (Wildman–Crippen MR) is 200 cm³/mol. The van der Waals surface area contributed by atoms with E-state index in [0.29, 0.717) is 24.2 Å². The first-order valence-electron chi connectivity index (χ1n) is 15.6. The third-order valence-electron chi connectivity index (χ3n) is 7.79. The van der Waals surface area contributed by atoms with Crippen molar-refractivity contribution in [2.24, 2.45) is 0 Å². The van der Waals surface area contributed by atoms with Gasteiger partial charge in [-0.15, -0.1) is 11.3 Å². The van der Waals surface area contributed by atoms with Gasteiger partial charge >= 0.3 is 0 Å². The van der Waals surface area contributed by atoms with E-state index in [-0.39, 0.29) is 29.9 Å². The first-order chi connectivity index (χ1) is 23.3. The van der Waals surface area contributed by atoms with Gasteiger partial charge in [-0.2, -0.15) is 21.4 Å². The highest BCUT2D eigenvalue weighted by Crippen LogP contribution is 2.45. The Bertz CT molecular complexity index is 2290. The first-order valence-corrected chi connectivity index (χ1v) is 21.3. The average Bonchev–Trinajstić information content (AvgIpc) is 3.64. The van der Waals surface area contributed by atoms with Crippen LogP contribution in [0.4, 0.5) is 0 Å². The molecule has 260 valence electrons. The molecular weight excluding hydrogens is 723 g/mol. The molecule has 0 bridgehead atoms. The summed E-state index contributed by atoms with van der Waals surface area (Å²) in [6.45, 7) is 7.08. The van der Waals surface area contributed by atoms with Crippen molar-refractivity contribution in [3.8, 4) is 11.3 Å². The van der Waals surface area contributed by atoms with Gasteiger partial charge in [-0.05, 0) is 57.0 Å². The number of allylic oxidation sites excluding steroid dienone is 2. The molecule has 0 atom stereocenters. The topological polar surface area (TPSA) is 138 Å². The molecule has 0 aliphatic carbocycles. The summed E-state index contributed by atoms with van der Waals surface area (Å²) in [5, 5.41) is 1.69.